The lowest BCUT2D eigenvalue weighted by Crippen LogP contribution is -2.54. The van der Waals surface area contributed by atoms with Crippen molar-refractivity contribution >= 4 is 46.6 Å². The molecule has 0 radical (unpaired) electrons. The van der Waals surface area contributed by atoms with E-state index >= 15 is 0 Å². The maximum Gasteiger partial charge on any atom is 0.311 e. The highest BCUT2D eigenvalue weighted by Gasteiger charge is 2.35. The van der Waals surface area contributed by atoms with Gasteiger partial charge in [0.15, 0.2) is 10.9 Å². The summed E-state index contributed by atoms with van der Waals surface area (Å²) in [6.45, 7) is 3.73. The van der Waals surface area contributed by atoms with Crippen molar-refractivity contribution in [2.45, 2.75) is 13.8 Å². The summed E-state index contributed by atoms with van der Waals surface area (Å²) in [5.74, 6) is -1.85. The molecule has 1 heterocycles. The van der Waals surface area contributed by atoms with Gasteiger partial charge in [-0.2, -0.15) is 0 Å². The van der Waals surface area contributed by atoms with Gasteiger partial charge in [-0.15, -0.1) is 0 Å². The summed E-state index contributed by atoms with van der Waals surface area (Å²) >= 11 is 5.18. The van der Waals surface area contributed by atoms with Crippen molar-refractivity contribution in [2.75, 3.05) is 4.90 Å². The minimum absolute atomic E-state index is 0.0439. The fourth-order valence-corrected chi connectivity index (χ4v) is 3.07. The molecule has 0 bridgehead atoms. The average molecular weight is 397 g/mol. The van der Waals surface area contributed by atoms with Crippen molar-refractivity contribution in [2.24, 2.45) is 0 Å². The Bertz CT molecular complexity index is 1080. The van der Waals surface area contributed by atoms with Gasteiger partial charge in [-0.3, -0.25) is 29.9 Å². The van der Waals surface area contributed by atoms with Crippen LogP contribution in [0.4, 0.5) is 11.4 Å². The first-order chi connectivity index (χ1) is 13.2. The zero-order chi connectivity index (χ0) is 20.6. The molecule has 0 unspecified atom stereocenters. The number of phenols is 1. The molecular formula is C19H15N3O5S. The third-order valence-corrected chi connectivity index (χ3v) is 4.71. The molecule has 0 spiro atoms. The average Bonchev–Trinajstić information content (AvgIpc) is 2.63. The molecule has 2 amide bonds. The predicted molar refractivity (Wildman–Crippen MR) is 107 cm³/mol. The molecule has 1 fully saturated rings. The van der Waals surface area contributed by atoms with Crippen LogP contribution in [0.2, 0.25) is 0 Å². The summed E-state index contributed by atoms with van der Waals surface area (Å²) < 4.78 is 0. The molecule has 0 atom stereocenters. The van der Waals surface area contributed by atoms with Crippen LogP contribution in [-0.4, -0.2) is 27.0 Å². The first kappa shape index (κ1) is 19.2. The number of aryl methyl sites for hydroxylation is 1. The molecule has 0 aromatic heterocycles. The van der Waals surface area contributed by atoms with E-state index in [4.69, 9.17) is 12.2 Å². The number of hydrogen-bond donors (Lipinski definition) is 2. The molecule has 2 aromatic rings. The van der Waals surface area contributed by atoms with Gasteiger partial charge in [-0.25, -0.2) is 0 Å². The molecule has 3 rings (SSSR count). The minimum atomic E-state index is -0.752. The largest absolute Gasteiger partial charge is 0.502 e. The number of benzene rings is 2. The molecule has 9 heteroatoms. The van der Waals surface area contributed by atoms with Gasteiger partial charge in [-0.05, 0) is 61.0 Å². The maximum absolute atomic E-state index is 13.0. The van der Waals surface area contributed by atoms with E-state index < -0.39 is 28.2 Å². The summed E-state index contributed by atoms with van der Waals surface area (Å²) in [7, 11) is 0. The van der Waals surface area contributed by atoms with Crippen molar-refractivity contribution in [3.8, 4) is 5.75 Å². The molecule has 1 aliphatic heterocycles. The van der Waals surface area contributed by atoms with E-state index in [9.17, 15) is 24.8 Å². The number of nitro groups is 1. The summed E-state index contributed by atoms with van der Waals surface area (Å²) in [5.41, 5.74) is 1.78. The highest BCUT2D eigenvalue weighted by molar-refractivity contribution is 7.80. The van der Waals surface area contributed by atoms with Crippen molar-refractivity contribution in [1.29, 1.82) is 0 Å². The normalized spacial score (nSPS) is 15.7. The van der Waals surface area contributed by atoms with E-state index in [1.807, 2.05) is 19.9 Å². The Morgan fingerprint density at radius 2 is 1.93 bits per heavy atom. The SMILES string of the molecule is Cc1cccc(N2C(=O)/C(=C/c3ccc(O)c([N+](=O)[O-])c3)C(=O)NC2=S)c1C. The fourth-order valence-electron chi connectivity index (χ4n) is 2.80. The lowest BCUT2D eigenvalue weighted by Gasteiger charge is -2.30. The number of carbonyl (C=O) groups is 2. The Hall–Kier alpha value is -3.59. The number of carbonyl (C=O) groups excluding carboxylic acids is 2. The number of anilines is 1. The zero-order valence-electron chi connectivity index (χ0n) is 14.9. The van der Waals surface area contributed by atoms with Crippen molar-refractivity contribution in [3.63, 3.8) is 0 Å². The van der Waals surface area contributed by atoms with E-state index in [0.29, 0.717) is 5.69 Å². The number of rotatable bonds is 3. The first-order valence-electron chi connectivity index (χ1n) is 8.15. The zero-order valence-corrected chi connectivity index (χ0v) is 15.7. The second kappa shape index (κ2) is 7.20. The van der Waals surface area contributed by atoms with Gasteiger partial charge in [0, 0.05) is 6.07 Å². The molecule has 142 valence electrons. The van der Waals surface area contributed by atoms with E-state index in [1.54, 1.807) is 12.1 Å². The molecule has 0 aliphatic carbocycles. The van der Waals surface area contributed by atoms with Gasteiger partial charge in [0.25, 0.3) is 11.8 Å². The van der Waals surface area contributed by atoms with Crippen LogP contribution in [-0.2, 0) is 9.59 Å². The third-order valence-electron chi connectivity index (χ3n) is 4.43. The van der Waals surface area contributed by atoms with E-state index in [0.717, 1.165) is 23.3 Å². The van der Waals surface area contributed by atoms with Gasteiger partial charge < -0.3 is 5.11 Å². The molecule has 2 aromatic carbocycles. The molecule has 0 saturated carbocycles. The molecular weight excluding hydrogens is 382 g/mol. The maximum atomic E-state index is 13.0. The van der Waals surface area contributed by atoms with Gasteiger partial charge in [0.1, 0.15) is 5.57 Å². The smallest absolute Gasteiger partial charge is 0.311 e. The standard InChI is InChI=1S/C19H15N3O5S/c1-10-4-3-5-14(11(10)2)21-18(25)13(17(24)20-19(21)28)8-12-6-7-16(23)15(9-12)22(26)27/h3-9,23H,1-2H3,(H,20,24,28)/b13-8+. The van der Waals surface area contributed by atoms with Gasteiger partial charge in [0.05, 0.1) is 10.6 Å². The van der Waals surface area contributed by atoms with Crippen LogP contribution in [0.15, 0.2) is 42.0 Å². The van der Waals surface area contributed by atoms with Crippen molar-refractivity contribution < 1.29 is 19.6 Å². The Labute approximate surface area is 165 Å². The fraction of sp³-hybridized carbons (Fsp3) is 0.105. The molecule has 1 saturated heterocycles. The van der Waals surface area contributed by atoms with Crippen LogP contribution in [0.1, 0.15) is 16.7 Å². The van der Waals surface area contributed by atoms with Crippen molar-refractivity contribution in [3.05, 3.63) is 68.8 Å². The van der Waals surface area contributed by atoms with Crippen molar-refractivity contribution in [1.82, 2.24) is 5.32 Å². The summed E-state index contributed by atoms with van der Waals surface area (Å²) in [5, 5.41) is 23.0. The number of phenolic OH excluding ortho intramolecular Hbond substituents is 1. The van der Waals surface area contributed by atoms with Gasteiger partial charge in [-0.1, -0.05) is 18.2 Å². The molecule has 8 nitrogen and oxygen atoms in total. The van der Waals surface area contributed by atoms with Crippen LogP contribution in [0, 0.1) is 24.0 Å². The highest BCUT2D eigenvalue weighted by Crippen LogP contribution is 2.29. The number of nitrogens with zero attached hydrogens (tertiary/aromatic N) is 2. The Balaban J connectivity index is 2.08. The number of nitro benzene ring substituents is 1. The van der Waals surface area contributed by atoms with E-state index in [1.165, 1.54) is 17.0 Å². The number of hydrogen-bond acceptors (Lipinski definition) is 6. The van der Waals surface area contributed by atoms with Crippen LogP contribution >= 0.6 is 12.2 Å². The van der Waals surface area contributed by atoms with E-state index in [2.05, 4.69) is 5.32 Å². The second-order valence-electron chi connectivity index (χ2n) is 6.18. The Morgan fingerprint density at radius 1 is 1.21 bits per heavy atom. The number of nitrogens with one attached hydrogen (secondary N) is 1. The Morgan fingerprint density at radius 3 is 2.61 bits per heavy atom. The second-order valence-corrected chi connectivity index (χ2v) is 6.57. The molecule has 28 heavy (non-hydrogen) atoms. The monoisotopic (exact) mass is 397 g/mol. The number of thiocarbonyl (C=S) groups is 1. The molecule has 2 N–H and O–H groups in total. The summed E-state index contributed by atoms with van der Waals surface area (Å²) in [6, 6.07) is 8.96. The van der Waals surface area contributed by atoms with Crippen LogP contribution < -0.4 is 10.2 Å². The van der Waals surface area contributed by atoms with Crippen LogP contribution in [0.25, 0.3) is 6.08 Å². The minimum Gasteiger partial charge on any atom is -0.502 e. The third kappa shape index (κ3) is 3.35. The lowest BCUT2D eigenvalue weighted by molar-refractivity contribution is -0.385. The number of aromatic hydroxyl groups is 1. The lowest BCUT2D eigenvalue weighted by atomic mass is 10.0. The van der Waals surface area contributed by atoms with Gasteiger partial charge >= 0.3 is 5.69 Å². The quantitative estimate of drug-likeness (QED) is 0.271. The highest BCUT2D eigenvalue weighted by atomic mass is 32.1. The number of amides is 2. The molecule has 1 aliphatic rings. The van der Waals surface area contributed by atoms with Gasteiger partial charge in [0.2, 0.25) is 0 Å². The predicted octanol–water partition coefficient (Wildman–Crippen LogP) is 2.75. The van der Waals surface area contributed by atoms with Crippen LogP contribution in [0.3, 0.4) is 0 Å². The van der Waals surface area contributed by atoms with E-state index in [-0.39, 0.29) is 16.2 Å². The Kier molecular flexibility index (Phi) is 4.93. The summed E-state index contributed by atoms with van der Waals surface area (Å²) in [6.07, 6.45) is 1.23. The first-order valence-corrected chi connectivity index (χ1v) is 8.56. The van der Waals surface area contributed by atoms with Crippen LogP contribution in [0.5, 0.6) is 5.75 Å². The summed E-state index contributed by atoms with van der Waals surface area (Å²) in [4.78, 5) is 36.8. The topological polar surface area (TPSA) is 113 Å².